The van der Waals surface area contributed by atoms with Crippen molar-refractivity contribution in [3.05, 3.63) is 39.9 Å². The molecule has 20 heavy (non-hydrogen) atoms. The van der Waals surface area contributed by atoms with Crippen LogP contribution >= 0.6 is 0 Å². The van der Waals surface area contributed by atoms with Gasteiger partial charge in [0.2, 0.25) is 0 Å². The van der Waals surface area contributed by atoms with Crippen LogP contribution in [0.15, 0.2) is 24.3 Å². The van der Waals surface area contributed by atoms with E-state index >= 15 is 0 Å². The molecule has 1 aliphatic carbocycles. The van der Waals surface area contributed by atoms with Gasteiger partial charge in [-0.3, -0.25) is 10.1 Å². The highest BCUT2D eigenvalue weighted by Gasteiger charge is 2.40. The number of alkyl carbamates (subject to hydrolysis) is 1. The van der Waals surface area contributed by atoms with E-state index in [-0.39, 0.29) is 11.8 Å². The van der Waals surface area contributed by atoms with Crippen LogP contribution in [0.25, 0.3) is 0 Å². The number of hydrogen-bond acceptors (Lipinski definition) is 4. The second-order valence-corrected chi connectivity index (χ2v) is 5.32. The summed E-state index contributed by atoms with van der Waals surface area (Å²) in [6.07, 6.45) is 2.02. The number of rotatable bonds is 4. The third-order valence-corrected chi connectivity index (χ3v) is 3.52. The van der Waals surface area contributed by atoms with E-state index in [9.17, 15) is 14.9 Å². The van der Waals surface area contributed by atoms with E-state index in [2.05, 4.69) is 5.32 Å². The molecule has 1 aromatic carbocycles. The van der Waals surface area contributed by atoms with E-state index in [1.807, 2.05) is 0 Å². The van der Waals surface area contributed by atoms with E-state index in [0.717, 1.165) is 24.8 Å². The first-order chi connectivity index (χ1) is 9.43. The number of carbonyl (C=O) groups excluding carboxylic acids is 1. The van der Waals surface area contributed by atoms with Gasteiger partial charge in [-0.2, -0.15) is 0 Å². The van der Waals surface area contributed by atoms with Crippen LogP contribution in [0.1, 0.15) is 38.7 Å². The van der Waals surface area contributed by atoms with Crippen LogP contribution in [0.4, 0.5) is 10.5 Å². The molecule has 0 aliphatic heterocycles. The maximum absolute atomic E-state index is 11.8. The van der Waals surface area contributed by atoms with Crippen LogP contribution in [0.5, 0.6) is 0 Å². The van der Waals surface area contributed by atoms with Gasteiger partial charge in [-0.25, -0.2) is 4.79 Å². The molecular formula is C14H18N2O4. The smallest absolute Gasteiger partial charge is 0.408 e. The SMILES string of the molecule is CC(C)OC(=O)NC1(c2ccc([N+](=O)[O-])cc2)CCC1. The second-order valence-electron chi connectivity index (χ2n) is 5.32. The highest BCUT2D eigenvalue weighted by molar-refractivity contribution is 5.69. The third kappa shape index (κ3) is 2.89. The van der Waals surface area contributed by atoms with E-state index in [0.29, 0.717) is 0 Å². The van der Waals surface area contributed by atoms with Crippen molar-refractivity contribution in [2.45, 2.75) is 44.8 Å². The Morgan fingerprint density at radius 2 is 1.95 bits per heavy atom. The number of benzene rings is 1. The van der Waals surface area contributed by atoms with E-state index in [1.54, 1.807) is 26.0 Å². The molecule has 2 rings (SSSR count). The van der Waals surface area contributed by atoms with Crippen molar-refractivity contribution >= 4 is 11.8 Å². The summed E-state index contributed by atoms with van der Waals surface area (Å²) in [7, 11) is 0. The molecule has 1 amide bonds. The number of nitro groups is 1. The van der Waals surface area contributed by atoms with Gasteiger partial charge in [0, 0.05) is 12.1 Å². The van der Waals surface area contributed by atoms with Crippen molar-refractivity contribution in [3.8, 4) is 0 Å². The first-order valence-corrected chi connectivity index (χ1v) is 6.67. The highest BCUT2D eigenvalue weighted by Crippen LogP contribution is 2.41. The zero-order chi connectivity index (χ0) is 14.8. The Morgan fingerprint density at radius 3 is 2.35 bits per heavy atom. The number of carbonyl (C=O) groups is 1. The fourth-order valence-electron chi connectivity index (χ4n) is 2.36. The van der Waals surface area contributed by atoms with Gasteiger partial charge in [-0.05, 0) is 50.8 Å². The molecule has 6 heteroatoms. The monoisotopic (exact) mass is 278 g/mol. The standard InChI is InChI=1S/C14H18N2O4/c1-10(2)20-13(17)15-14(8-3-9-14)11-4-6-12(7-5-11)16(18)19/h4-7,10H,3,8-9H2,1-2H3,(H,15,17). The zero-order valence-corrected chi connectivity index (χ0v) is 11.6. The number of nitrogens with one attached hydrogen (secondary N) is 1. The Labute approximate surface area is 117 Å². The minimum Gasteiger partial charge on any atom is -0.447 e. The van der Waals surface area contributed by atoms with E-state index in [4.69, 9.17) is 4.74 Å². The summed E-state index contributed by atoms with van der Waals surface area (Å²) in [5.41, 5.74) is 0.490. The summed E-state index contributed by atoms with van der Waals surface area (Å²) in [5.74, 6) is 0. The summed E-state index contributed by atoms with van der Waals surface area (Å²) in [4.78, 5) is 22.0. The molecule has 0 unspecified atom stereocenters. The van der Waals surface area contributed by atoms with Gasteiger partial charge in [-0.1, -0.05) is 0 Å². The molecule has 0 saturated heterocycles. The van der Waals surface area contributed by atoms with Crippen molar-refractivity contribution in [1.29, 1.82) is 0 Å². The van der Waals surface area contributed by atoms with Crippen LogP contribution in [-0.4, -0.2) is 17.1 Å². The zero-order valence-electron chi connectivity index (χ0n) is 11.6. The first-order valence-electron chi connectivity index (χ1n) is 6.67. The Balaban J connectivity index is 2.14. The number of nitro benzene ring substituents is 1. The normalized spacial score (nSPS) is 16.4. The Bertz CT molecular complexity index is 506. The molecule has 6 nitrogen and oxygen atoms in total. The number of nitrogens with zero attached hydrogens (tertiary/aromatic N) is 1. The molecule has 0 atom stereocenters. The molecule has 0 spiro atoms. The molecule has 0 bridgehead atoms. The lowest BCUT2D eigenvalue weighted by Crippen LogP contribution is -2.51. The molecule has 1 aromatic rings. The lowest BCUT2D eigenvalue weighted by Gasteiger charge is -2.42. The lowest BCUT2D eigenvalue weighted by atomic mass is 9.72. The van der Waals surface area contributed by atoms with E-state index < -0.39 is 16.6 Å². The number of ether oxygens (including phenoxy) is 1. The van der Waals surface area contributed by atoms with Crippen LogP contribution in [0.3, 0.4) is 0 Å². The minimum absolute atomic E-state index is 0.0491. The maximum atomic E-state index is 11.8. The number of non-ortho nitro benzene ring substituents is 1. The second kappa shape index (κ2) is 5.48. The van der Waals surface area contributed by atoms with E-state index in [1.165, 1.54) is 12.1 Å². The quantitative estimate of drug-likeness (QED) is 0.677. The molecule has 1 saturated carbocycles. The van der Waals surface area contributed by atoms with Gasteiger partial charge in [0.15, 0.2) is 0 Å². The first kappa shape index (κ1) is 14.3. The fraction of sp³-hybridized carbons (Fsp3) is 0.500. The van der Waals surface area contributed by atoms with Crippen LogP contribution in [0, 0.1) is 10.1 Å². The molecule has 0 heterocycles. The Hall–Kier alpha value is -2.11. The van der Waals surface area contributed by atoms with Gasteiger partial charge in [0.25, 0.3) is 5.69 Å². The topological polar surface area (TPSA) is 81.5 Å². The summed E-state index contributed by atoms with van der Waals surface area (Å²) < 4.78 is 5.11. The summed E-state index contributed by atoms with van der Waals surface area (Å²) in [6, 6.07) is 6.33. The Morgan fingerprint density at radius 1 is 1.35 bits per heavy atom. The van der Waals surface area contributed by atoms with Crippen molar-refractivity contribution in [3.63, 3.8) is 0 Å². The minimum atomic E-state index is -0.446. The van der Waals surface area contributed by atoms with Gasteiger partial charge in [0.05, 0.1) is 16.6 Å². The molecule has 1 N–H and O–H groups in total. The average Bonchev–Trinajstić information content (AvgIpc) is 2.33. The van der Waals surface area contributed by atoms with Crippen molar-refractivity contribution in [1.82, 2.24) is 5.32 Å². The number of amides is 1. The maximum Gasteiger partial charge on any atom is 0.408 e. The third-order valence-electron chi connectivity index (χ3n) is 3.52. The largest absolute Gasteiger partial charge is 0.447 e. The molecule has 0 aromatic heterocycles. The van der Waals surface area contributed by atoms with Gasteiger partial charge >= 0.3 is 6.09 Å². The summed E-state index contributed by atoms with van der Waals surface area (Å²) in [5, 5.41) is 13.6. The average molecular weight is 278 g/mol. The Kier molecular flexibility index (Phi) is 3.92. The van der Waals surface area contributed by atoms with Gasteiger partial charge in [0.1, 0.15) is 0 Å². The van der Waals surface area contributed by atoms with Crippen LogP contribution in [0.2, 0.25) is 0 Å². The summed E-state index contributed by atoms with van der Waals surface area (Å²) >= 11 is 0. The highest BCUT2D eigenvalue weighted by atomic mass is 16.6. The molecule has 108 valence electrons. The van der Waals surface area contributed by atoms with Crippen molar-refractivity contribution < 1.29 is 14.5 Å². The predicted molar refractivity (Wildman–Crippen MR) is 73.4 cm³/mol. The fourth-order valence-corrected chi connectivity index (χ4v) is 2.36. The van der Waals surface area contributed by atoms with Crippen molar-refractivity contribution in [2.24, 2.45) is 0 Å². The molecule has 1 fully saturated rings. The van der Waals surface area contributed by atoms with Crippen LogP contribution < -0.4 is 5.32 Å². The molecule has 0 radical (unpaired) electrons. The molecular weight excluding hydrogens is 260 g/mol. The van der Waals surface area contributed by atoms with Crippen LogP contribution in [-0.2, 0) is 10.3 Å². The van der Waals surface area contributed by atoms with Gasteiger partial charge < -0.3 is 10.1 Å². The molecule has 1 aliphatic rings. The van der Waals surface area contributed by atoms with Gasteiger partial charge in [-0.15, -0.1) is 0 Å². The van der Waals surface area contributed by atoms with Crippen molar-refractivity contribution in [2.75, 3.05) is 0 Å². The predicted octanol–water partition coefficient (Wildman–Crippen LogP) is 3.11. The summed E-state index contributed by atoms with van der Waals surface area (Å²) in [6.45, 7) is 3.58. The lowest BCUT2D eigenvalue weighted by molar-refractivity contribution is -0.384. The number of hydrogen-bond donors (Lipinski definition) is 1.